The number of hydrazine groups is 1. The summed E-state index contributed by atoms with van der Waals surface area (Å²) in [4.78, 5) is 0. The molecule has 0 aliphatic rings. The SMILES string of the molecule is C=CCCCCCC(CC(C)CC(C)(C)C)NN. The minimum atomic E-state index is 0.419. The molecule has 2 heteroatoms. The molecule has 3 N–H and O–H groups in total. The fraction of sp³-hybridized carbons (Fsp3) is 0.875. The molecule has 0 aliphatic heterocycles. The Morgan fingerprint density at radius 3 is 2.39 bits per heavy atom. The van der Waals surface area contributed by atoms with Gasteiger partial charge < -0.3 is 0 Å². The van der Waals surface area contributed by atoms with E-state index in [1.165, 1.54) is 38.5 Å². The maximum atomic E-state index is 5.66. The molecule has 108 valence electrons. The van der Waals surface area contributed by atoms with Crippen molar-refractivity contribution in [1.82, 2.24) is 5.43 Å². The van der Waals surface area contributed by atoms with Gasteiger partial charge in [-0.1, -0.05) is 46.6 Å². The fourth-order valence-electron chi connectivity index (χ4n) is 2.74. The molecular weight excluding hydrogens is 220 g/mol. The molecule has 0 radical (unpaired) electrons. The molecule has 0 aromatic rings. The number of unbranched alkanes of at least 4 members (excludes halogenated alkanes) is 3. The zero-order chi connectivity index (χ0) is 14.0. The Morgan fingerprint density at radius 2 is 1.89 bits per heavy atom. The lowest BCUT2D eigenvalue weighted by Gasteiger charge is -2.26. The van der Waals surface area contributed by atoms with Gasteiger partial charge in [0, 0.05) is 6.04 Å². The molecule has 0 fully saturated rings. The highest BCUT2D eigenvalue weighted by molar-refractivity contribution is 4.73. The predicted octanol–water partition coefficient (Wildman–Crippen LogP) is 4.42. The van der Waals surface area contributed by atoms with Crippen LogP contribution < -0.4 is 11.3 Å². The van der Waals surface area contributed by atoms with E-state index in [9.17, 15) is 0 Å². The second kappa shape index (κ2) is 9.57. The number of hydrogen-bond acceptors (Lipinski definition) is 2. The van der Waals surface area contributed by atoms with Crippen molar-refractivity contribution in [3.8, 4) is 0 Å². The monoisotopic (exact) mass is 254 g/mol. The Balaban J connectivity index is 3.78. The van der Waals surface area contributed by atoms with Crippen LogP contribution in [0.3, 0.4) is 0 Å². The van der Waals surface area contributed by atoms with E-state index in [4.69, 9.17) is 5.84 Å². The summed E-state index contributed by atoms with van der Waals surface area (Å²) in [6.07, 6.45) is 10.6. The Bertz CT molecular complexity index is 206. The van der Waals surface area contributed by atoms with Crippen molar-refractivity contribution in [2.75, 3.05) is 0 Å². The molecule has 0 rings (SSSR count). The Hall–Kier alpha value is -0.340. The van der Waals surface area contributed by atoms with Crippen molar-refractivity contribution in [3.63, 3.8) is 0 Å². The summed E-state index contributed by atoms with van der Waals surface area (Å²) in [6.45, 7) is 13.0. The van der Waals surface area contributed by atoms with Gasteiger partial charge in [-0.05, 0) is 43.4 Å². The number of nitrogens with two attached hydrogens (primary N) is 1. The van der Waals surface area contributed by atoms with Crippen LogP contribution in [0.2, 0.25) is 0 Å². The topological polar surface area (TPSA) is 38.0 Å². The van der Waals surface area contributed by atoms with Gasteiger partial charge in [0.05, 0.1) is 0 Å². The summed E-state index contributed by atoms with van der Waals surface area (Å²) >= 11 is 0. The quantitative estimate of drug-likeness (QED) is 0.262. The van der Waals surface area contributed by atoms with Crippen LogP contribution in [0.1, 0.15) is 72.6 Å². The van der Waals surface area contributed by atoms with Crippen LogP contribution in [-0.4, -0.2) is 6.04 Å². The van der Waals surface area contributed by atoms with Crippen molar-refractivity contribution in [3.05, 3.63) is 12.7 Å². The van der Waals surface area contributed by atoms with E-state index >= 15 is 0 Å². The molecule has 2 nitrogen and oxygen atoms in total. The molecule has 0 heterocycles. The summed E-state index contributed by atoms with van der Waals surface area (Å²) in [6, 6.07) is 0.478. The third-order valence-corrected chi connectivity index (χ3v) is 3.34. The molecule has 0 amide bonds. The summed E-state index contributed by atoms with van der Waals surface area (Å²) in [7, 11) is 0. The molecule has 0 spiro atoms. The summed E-state index contributed by atoms with van der Waals surface area (Å²) < 4.78 is 0. The van der Waals surface area contributed by atoms with Gasteiger partial charge in [-0.25, -0.2) is 0 Å². The average Bonchev–Trinajstić information content (AvgIpc) is 2.24. The Morgan fingerprint density at radius 1 is 1.22 bits per heavy atom. The third-order valence-electron chi connectivity index (χ3n) is 3.34. The van der Waals surface area contributed by atoms with E-state index in [0.29, 0.717) is 11.5 Å². The maximum absolute atomic E-state index is 5.66. The van der Waals surface area contributed by atoms with Crippen LogP contribution in [-0.2, 0) is 0 Å². The van der Waals surface area contributed by atoms with Crippen LogP contribution in [0.4, 0.5) is 0 Å². The van der Waals surface area contributed by atoms with Crippen LogP contribution in [0.15, 0.2) is 12.7 Å². The minimum absolute atomic E-state index is 0.419. The molecular formula is C16H34N2. The van der Waals surface area contributed by atoms with E-state index in [1.807, 2.05) is 6.08 Å². The highest BCUT2D eigenvalue weighted by Gasteiger charge is 2.18. The van der Waals surface area contributed by atoms with Crippen LogP contribution >= 0.6 is 0 Å². The number of allylic oxidation sites excluding steroid dienone is 1. The van der Waals surface area contributed by atoms with Gasteiger partial charge in [-0.3, -0.25) is 11.3 Å². The maximum Gasteiger partial charge on any atom is 0.0213 e. The average molecular weight is 254 g/mol. The van der Waals surface area contributed by atoms with Gasteiger partial charge in [0.15, 0.2) is 0 Å². The van der Waals surface area contributed by atoms with Gasteiger partial charge in [0.1, 0.15) is 0 Å². The van der Waals surface area contributed by atoms with Gasteiger partial charge >= 0.3 is 0 Å². The first-order valence-electron chi connectivity index (χ1n) is 7.46. The molecule has 0 saturated heterocycles. The Labute approximate surface area is 114 Å². The van der Waals surface area contributed by atoms with Crippen molar-refractivity contribution in [1.29, 1.82) is 0 Å². The highest BCUT2D eigenvalue weighted by Crippen LogP contribution is 2.27. The van der Waals surface area contributed by atoms with Crippen molar-refractivity contribution < 1.29 is 0 Å². The van der Waals surface area contributed by atoms with E-state index in [-0.39, 0.29) is 0 Å². The lowest BCUT2D eigenvalue weighted by Crippen LogP contribution is -2.36. The van der Waals surface area contributed by atoms with Gasteiger partial charge in [0.2, 0.25) is 0 Å². The zero-order valence-electron chi connectivity index (χ0n) is 13.0. The molecule has 0 aromatic carbocycles. The number of hydrogen-bond donors (Lipinski definition) is 2. The third kappa shape index (κ3) is 10.8. The second-order valence-corrected chi connectivity index (χ2v) is 6.90. The van der Waals surface area contributed by atoms with Crippen molar-refractivity contribution in [2.45, 2.75) is 78.7 Å². The lowest BCUT2D eigenvalue weighted by molar-refractivity contribution is 0.269. The summed E-state index contributed by atoms with van der Waals surface area (Å²) in [5.74, 6) is 6.39. The zero-order valence-corrected chi connectivity index (χ0v) is 13.0. The summed E-state index contributed by atoms with van der Waals surface area (Å²) in [5.41, 5.74) is 3.41. The molecule has 0 aliphatic carbocycles. The minimum Gasteiger partial charge on any atom is -0.271 e. The van der Waals surface area contributed by atoms with Crippen LogP contribution in [0.25, 0.3) is 0 Å². The van der Waals surface area contributed by atoms with Crippen LogP contribution in [0, 0.1) is 11.3 Å². The second-order valence-electron chi connectivity index (χ2n) is 6.90. The first-order valence-corrected chi connectivity index (χ1v) is 7.46. The highest BCUT2D eigenvalue weighted by atomic mass is 15.2. The smallest absolute Gasteiger partial charge is 0.0213 e. The van der Waals surface area contributed by atoms with Crippen molar-refractivity contribution >= 4 is 0 Å². The molecule has 2 unspecified atom stereocenters. The van der Waals surface area contributed by atoms with E-state index < -0.39 is 0 Å². The molecule has 18 heavy (non-hydrogen) atoms. The normalized spacial score (nSPS) is 15.4. The molecule has 0 saturated carbocycles. The first kappa shape index (κ1) is 17.7. The van der Waals surface area contributed by atoms with Crippen molar-refractivity contribution in [2.24, 2.45) is 17.2 Å². The van der Waals surface area contributed by atoms with E-state index in [0.717, 1.165) is 12.3 Å². The number of nitrogens with one attached hydrogen (secondary N) is 1. The molecule has 0 aromatic heterocycles. The first-order chi connectivity index (χ1) is 8.39. The molecule has 0 bridgehead atoms. The standard InChI is InChI=1S/C16H34N2/c1-6-7-8-9-10-11-15(18-17)12-14(2)13-16(3,4)5/h6,14-15,18H,1,7-13,17H2,2-5H3. The van der Waals surface area contributed by atoms with Crippen LogP contribution in [0.5, 0.6) is 0 Å². The molecule has 2 atom stereocenters. The largest absolute Gasteiger partial charge is 0.271 e. The van der Waals surface area contributed by atoms with E-state index in [1.54, 1.807) is 0 Å². The lowest BCUT2D eigenvalue weighted by atomic mass is 9.82. The summed E-state index contributed by atoms with van der Waals surface area (Å²) in [5, 5.41) is 0. The van der Waals surface area contributed by atoms with E-state index in [2.05, 4.69) is 39.7 Å². The van der Waals surface area contributed by atoms with Gasteiger partial charge in [-0.2, -0.15) is 0 Å². The fourth-order valence-corrected chi connectivity index (χ4v) is 2.74. The van der Waals surface area contributed by atoms with Gasteiger partial charge in [0.25, 0.3) is 0 Å². The predicted molar refractivity (Wildman–Crippen MR) is 82.2 cm³/mol. The Kier molecular flexibility index (Phi) is 9.39. The van der Waals surface area contributed by atoms with Gasteiger partial charge in [-0.15, -0.1) is 6.58 Å². The number of rotatable bonds is 10.